The van der Waals surface area contributed by atoms with Crippen molar-refractivity contribution in [3.63, 3.8) is 0 Å². The molecule has 1 aromatic heterocycles. The number of rotatable bonds is 3. The van der Waals surface area contributed by atoms with Gasteiger partial charge in [0.1, 0.15) is 12.8 Å². The van der Waals surface area contributed by atoms with Crippen LogP contribution in [0.5, 0.6) is 28.7 Å². The van der Waals surface area contributed by atoms with Crippen LogP contribution in [0.1, 0.15) is 0 Å². The number of hydrogen-bond donors (Lipinski definition) is 2. The third kappa shape index (κ3) is 2.77. The fourth-order valence-electron chi connectivity index (χ4n) is 3.66. The molecule has 0 saturated carbocycles. The van der Waals surface area contributed by atoms with Crippen LogP contribution in [0, 0.1) is 0 Å². The molecule has 4 rings (SSSR count). The van der Waals surface area contributed by atoms with E-state index in [-0.39, 0.29) is 23.9 Å². The van der Waals surface area contributed by atoms with Crippen molar-refractivity contribution in [1.29, 1.82) is 0 Å². The molecule has 0 unspecified atom stereocenters. The average molecular weight is 402 g/mol. The Morgan fingerprint density at radius 3 is 1.86 bits per heavy atom. The molecule has 0 saturated heterocycles. The van der Waals surface area contributed by atoms with E-state index in [0.717, 1.165) is 27.1 Å². The molecule has 3 aromatic carbocycles. The summed E-state index contributed by atoms with van der Waals surface area (Å²) in [5, 5.41) is 24.8. The highest BCUT2D eigenvalue weighted by Gasteiger charge is 2.20. The Balaban J connectivity index is 0.00000225. The number of phenols is 2. The van der Waals surface area contributed by atoms with Crippen molar-refractivity contribution in [3.05, 3.63) is 36.5 Å². The number of ether oxygens (including phenoxy) is 3. The maximum Gasteiger partial charge on any atom is 0.221 e. The van der Waals surface area contributed by atoms with Gasteiger partial charge >= 0.3 is 0 Å². The van der Waals surface area contributed by atoms with E-state index in [9.17, 15) is 10.2 Å². The molecule has 4 aromatic rings. The number of hydrogen-bond acceptors (Lipinski definition) is 5. The molecule has 0 aliphatic rings. The Kier molecular flexibility index (Phi) is 5.00. The molecule has 2 N–H and O–H groups in total. The molecule has 146 valence electrons. The summed E-state index contributed by atoms with van der Waals surface area (Å²) in [5.74, 6) is 1.66. The summed E-state index contributed by atoms with van der Waals surface area (Å²) in [6.07, 6.45) is 2.00. The van der Waals surface area contributed by atoms with Crippen LogP contribution < -0.4 is 31.2 Å². The number of methoxy groups -OCH3 is 3. The Labute approximate surface area is 167 Å². The van der Waals surface area contributed by atoms with Gasteiger partial charge in [-0.15, -0.1) is 0 Å². The lowest BCUT2D eigenvalue weighted by Gasteiger charge is -2.12. The molecule has 0 atom stereocenters. The van der Waals surface area contributed by atoms with E-state index in [1.54, 1.807) is 26.4 Å². The second-order valence-corrected chi connectivity index (χ2v) is 6.40. The van der Waals surface area contributed by atoms with Gasteiger partial charge in [0, 0.05) is 10.8 Å². The summed E-state index contributed by atoms with van der Waals surface area (Å²) < 4.78 is 18.1. The van der Waals surface area contributed by atoms with Crippen LogP contribution in [-0.4, -0.2) is 31.5 Å². The summed E-state index contributed by atoms with van der Waals surface area (Å²) in [7, 11) is 6.63. The zero-order valence-corrected chi connectivity index (χ0v) is 16.7. The number of benzene rings is 3. The number of fused-ring (bicyclic) bond motifs is 5. The van der Waals surface area contributed by atoms with Crippen LogP contribution in [0.3, 0.4) is 0 Å². The largest absolute Gasteiger partial charge is 1.00 e. The van der Waals surface area contributed by atoms with E-state index >= 15 is 0 Å². The molecule has 6 nitrogen and oxygen atoms in total. The van der Waals surface area contributed by atoms with Crippen LogP contribution in [-0.2, 0) is 7.05 Å². The van der Waals surface area contributed by atoms with Crippen molar-refractivity contribution >= 4 is 32.4 Å². The fraction of sp³-hybridized carbons (Fsp3) is 0.190. The topological polar surface area (TPSA) is 72.0 Å². The van der Waals surface area contributed by atoms with Gasteiger partial charge in [0.05, 0.1) is 37.5 Å². The lowest BCUT2D eigenvalue weighted by Crippen LogP contribution is -3.00. The highest BCUT2D eigenvalue weighted by molar-refractivity contribution is 6.16. The van der Waals surface area contributed by atoms with Gasteiger partial charge in [-0.25, -0.2) is 0 Å². The van der Waals surface area contributed by atoms with Crippen LogP contribution >= 0.6 is 0 Å². The SMILES string of the molecule is COc1cc2c(cc1O)c(O)cc1c3cc(OC)c(OC)cc3c[n+](C)c21.[Cl-]. The number of nitrogens with zero attached hydrogens (tertiary/aromatic N) is 1. The molecule has 0 aliphatic heterocycles. The predicted octanol–water partition coefficient (Wildman–Crippen LogP) is 0.412. The summed E-state index contributed by atoms with van der Waals surface area (Å²) in [4.78, 5) is 0. The smallest absolute Gasteiger partial charge is 0.221 e. The second-order valence-electron chi connectivity index (χ2n) is 6.40. The van der Waals surface area contributed by atoms with Crippen molar-refractivity contribution < 1.29 is 41.4 Å². The predicted molar refractivity (Wildman–Crippen MR) is 103 cm³/mol. The molecule has 0 spiro atoms. The number of pyridine rings is 1. The Bertz CT molecular complexity index is 1220. The standard InChI is InChI=1S/C21H19NO5.ClH/c1-22-10-11-5-19(26-3)20(27-4)8-12(11)14-7-16(23)13-6-17(24)18(25-2)9-15(13)21(14)22;/h5-10,23H,1-4H3;1H. The van der Waals surface area contributed by atoms with Crippen LogP contribution in [0.4, 0.5) is 0 Å². The van der Waals surface area contributed by atoms with E-state index in [0.29, 0.717) is 22.6 Å². The first-order chi connectivity index (χ1) is 13.0. The van der Waals surface area contributed by atoms with E-state index in [1.807, 2.05) is 29.9 Å². The molecule has 7 heteroatoms. The Morgan fingerprint density at radius 2 is 1.21 bits per heavy atom. The van der Waals surface area contributed by atoms with E-state index in [2.05, 4.69) is 0 Å². The van der Waals surface area contributed by atoms with Gasteiger partial charge in [-0.2, -0.15) is 4.57 Å². The lowest BCUT2D eigenvalue weighted by atomic mass is 9.99. The fourth-order valence-corrected chi connectivity index (χ4v) is 3.66. The number of halogens is 1. The highest BCUT2D eigenvalue weighted by Crippen LogP contribution is 2.41. The first-order valence-corrected chi connectivity index (χ1v) is 8.39. The number of aryl methyl sites for hydroxylation is 1. The van der Waals surface area contributed by atoms with Crippen LogP contribution in [0.15, 0.2) is 36.5 Å². The van der Waals surface area contributed by atoms with Gasteiger partial charge < -0.3 is 36.8 Å². The maximum absolute atomic E-state index is 10.6. The third-order valence-corrected chi connectivity index (χ3v) is 4.92. The minimum atomic E-state index is -0.0190. The van der Waals surface area contributed by atoms with Gasteiger partial charge in [-0.3, -0.25) is 0 Å². The van der Waals surface area contributed by atoms with Crippen molar-refractivity contribution in [1.82, 2.24) is 0 Å². The number of aromatic hydroxyl groups is 2. The second kappa shape index (κ2) is 7.13. The van der Waals surface area contributed by atoms with Crippen molar-refractivity contribution in [2.75, 3.05) is 21.3 Å². The number of aromatic nitrogens is 1. The maximum atomic E-state index is 10.6. The van der Waals surface area contributed by atoms with E-state index in [1.165, 1.54) is 13.2 Å². The van der Waals surface area contributed by atoms with Gasteiger partial charge in [0.25, 0.3) is 0 Å². The number of phenolic OH excluding ortho intramolecular Hbond substituents is 2. The summed E-state index contributed by atoms with van der Waals surface area (Å²) in [6, 6.07) is 8.77. The van der Waals surface area contributed by atoms with Crippen molar-refractivity contribution in [3.8, 4) is 28.7 Å². The molecule has 0 fully saturated rings. The first kappa shape index (κ1) is 19.6. The van der Waals surface area contributed by atoms with Gasteiger partial charge in [0.2, 0.25) is 5.52 Å². The molecule has 28 heavy (non-hydrogen) atoms. The molecule has 1 heterocycles. The molecular formula is C21H20ClNO5. The van der Waals surface area contributed by atoms with Crippen LogP contribution in [0.25, 0.3) is 32.4 Å². The minimum absolute atomic E-state index is 0. The average Bonchev–Trinajstić information content (AvgIpc) is 2.66. The molecule has 0 aliphatic carbocycles. The molecule has 0 radical (unpaired) electrons. The summed E-state index contributed by atoms with van der Waals surface area (Å²) >= 11 is 0. The quantitative estimate of drug-likeness (QED) is 0.384. The van der Waals surface area contributed by atoms with Gasteiger partial charge in [-0.1, -0.05) is 0 Å². The van der Waals surface area contributed by atoms with Gasteiger partial charge in [-0.05, 0) is 30.3 Å². The summed E-state index contributed by atoms with van der Waals surface area (Å²) in [6.45, 7) is 0. The zero-order chi connectivity index (χ0) is 19.3. The molecular weight excluding hydrogens is 382 g/mol. The minimum Gasteiger partial charge on any atom is -1.00 e. The normalized spacial score (nSPS) is 10.9. The first-order valence-electron chi connectivity index (χ1n) is 8.39. The summed E-state index contributed by atoms with van der Waals surface area (Å²) in [5.41, 5.74) is 0.904. The molecule has 0 bridgehead atoms. The third-order valence-electron chi connectivity index (χ3n) is 4.92. The molecule has 0 amide bonds. The zero-order valence-electron chi connectivity index (χ0n) is 15.9. The van der Waals surface area contributed by atoms with E-state index in [4.69, 9.17) is 14.2 Å². The Hall–Kier alpha value is -3.12. The van der Waals surface area contributed by atoms with Crippen LogP contribution in [0.2, 0.25) is 0 Å². The van der Waals surface area contributed by atoms with Crippen molar-refractivity contribution in [2.45, 2.75) is 0 Å². The lowest BCUT2D eigenvalue weighted by molar-refractivity contribution is -0.642. The Morgan fingerprint density at radius 1 is 0.679 bits per heavy atom. The van der Waals surface area contributed by atoms with Crippen molar-refractivity contribution in [2.24, 2.45) is 7.05 Å². The van der Waals surface area contributed by atoms with Gasteiger partial charge in [0.15, 0.2) is 29.2 Å². The van der Waals surface area contributed by atoms with E-state index < -0.39 is 0 Å². The highest BCUT2D eigenvalue weighted by atomic mass is 35.5. The monoisotopic (exact) mass is 401 g/mol.